The first-order valence-corrected chi connectivity index (χ1v) is 3.41. The number of nitrogens with one attached hydrogen (secondary N) is 1. The first-order chi connectivity index (χ1) is 5.27. The van der Waals surface area contributed by atoms with E-state index in [1.165, 1.54) is 0 Å². The van der Waals surface area contributed by atoms with Crippen molar-refractivity contribution in [3.05, 3.63) is 23.6 Å². The maximum atomic E-state index is 5.52. The molecule has 0 aliphatic rings. The Hall–Kier alpha value is -1.09. The van der Waals surface area contributed by atoms with Gasteiger partial charge in [0.05, 0.1) is 0 Å². The lowest BCUT2D eigenvalue weighted by molar-refractivity contribution is 1.14. The molecule has 0 spiro atoms. The standard InChI is InChI=1S/C7H7ClN3/c1-3-5-4-10-7(8)11-6(5)9-2/h3H,1H2,2H3,(H,9,10,11). The maximum absolute atomic E-state index is 5.52. The van der Waals surface area contributed by atoms with E-state index in [1.807, 2.05) is 0 Å². The van der Waals surface area contributed by atoms with E-state index in [0.717, 1.165) is 5.56 Å². The summed E-state index contributed by atoms with van der Waals surface area (Å²) in [5, 5.41) is 3.03. The van der Waals surface area contributed by atoms with Crippen molar-refractivity contribution in [2.45, 2.75) is 0 Å². The number of rotatable bonds is 2. The number of halogens is 1. The van der Waals surface area contributed by atoms with Crippen LogP contribution in [0.2, 0.25) is 5.28 Å². The summed E-state index contributed by atoms with van der Waals surface area (Å²) < 4.78 is 0. The minimum absolute atomic E-state index is 0.181. The lowest BCUT2D eigenvalue weighted by Gasteiger charge is -2.01. The third-order valence-electron chi connectivity index (χ3n) is 1.17. The lowest BCUT2D eigenvalue weighted by atomic mass is 10.3. The second-order valence-electron chi connectivity index (χ2n) is 1.82. The largest absolute Gasteiger partial charge is 0.372 e. The Morgan fingerprint density at radius 1 is 1.73 bits per heavy atom. The predicted molar refractivity (Wildman–Crippen MR) is 45.5 cm³/mol. The summed E-state index contributed by atoms with van der Waals surface area (Å²) in [5.74, 6) is 0.639. The van der Waals surface area contributed by atoms with Gasteiger partial charge in [-0.1, -0.05) is 12.7 Å². The predicted octanol–water partition coefficient (Wildman–Crippen LogP) is 1.61. The van der Waals surface area contributed by atoms with Crippen molar-refractivity contribution >= 4 is 23.5 Å². The summed E-state index contributed by atoms with van der Waals surface area (Å²) in [4.78, 5) is 7.58. The summed E-state index contributed by atoms with van der Waals surface area (Å²) in [6, 6.07) is 0. The van der Waals surface area contributed by atoms with Crippen LogP contribution in [0.15, 0.2) is 6.58 Å². The second-order valence-corrected chi connectivity index (χ2v) is 2.16. The third kappa shape index (κ3) is 1.68. The van der Waals surface area contributed by atoms with Crippen LogP contribution in [0.1, 0.15) is 5.56 Å². The summed E-state index contributed by atoms with van der Waals surface area (Å²) in [7, 11) is 1.75. The summed E-state index contributed by atoms with van der Waals surface area (Å²) in [5.41, 5.74) is 0.719. The molecule has 0 saturated carbocycles. The monoisotopic (exact) mass is 168 g/mol. The molecule has 11 heavy (non-hydrogen) atoms. The van der Waals surface area contributed by atoms with Crippen LogP contribution >= 0.6 is 11.6 Å². The van der Waals surface area contributed by atoms with Gasteiger partial charge in [-0.25, -0.2) is 9.97 Å². The van der Waals surface area contributed by atoms with Gasteiger partial charge in [0.25, 0.3) is 0 Å². The van der Waals surface area contributed by atoms with Crippen molar-refractivity contribution in [1.82, 2.24) is 9.97 Å². The Balaban J connectivity index is 3.16. The van der Waals surface area contributed by atoms with Gasteiger partial charge in [0.1, 0.15) is 12.0 Å². The molecule has 0 fully saturated rings. The zero-order valence-corrected chi connectivity index (χ0v) is 6.81. The first-order valence-electron chi connectivity index (χ1n) is 3.03. The Morgan fingerprint density at radius 2 is 2.45 bits per heavy atom. The quantitative estimate of drug-likeness (QED) is 0.682. The van der Waals surface area contributed by atoms with Gasteiger partial charge in [-0.3, -0.25) is 0 Å². The van der Waals surface area contributed by atoms with Gasteiger partial charge >= 0.3 is 0 Å². The fourth-order valence-corrected chi connectivity index (χ4v) is 0.796. The molecule has 57 valence electrons. The fraction of sp³-hybridized carbons (Fsp3) is 0.143. The van der Waals surface area contributed by atoms with Gasteiger partial charge in [0, 0.05) is 12.6 Å². The topological polar surface area (TPSA) is 37.8 Å². The van der Waals surface area contributed by atoms with Gasteiger partial charge in [0.15, 0.2) is 0 Å². The Kier molecular flexibility index (Phi) is 2.44. The lowest BCUT2D eigenvalue weighted by Crippen LogP contribution is -1.97. The third-order valence-corrected chi connectivity index (χ3v) is 1.34. The summed E-state index contributed by atoms with van der Waals surface area (Å²) >= 11 is 5.52. The van der Waals surface area contributed by atoms with Crippen molar-refractivity contribution in [3.8, 4) is 0 Å². The van der Waals surface area contributed by atoms with E-state index < -0.39 is 0 Å². The minimum Gasteiger partial charge on any atom is -0.372 e. The van der Waals surface area contributed by atoms with E-state index >= 15 is 0 Å². The zero-order valence-electron chi connectivity index (χ0n) is 6.06. The van der Waals surface area contributed by atoms with Crippen molar-refractivity contribution in [3.63, 3.8) is 0 Å². The number of hydrogen-bond acceptors (Lipinski definition) is 3. The molecule has 1 aromatic rings. The van der Waals surface area contributed by atoms with Gasteiger partial charge < -0.3 is 5.32 Å². The van der Waals surface area contributed by atoms with Gasteiger partial charge in [0.2, 0.25) is 5.28 Å². The SMILES string of the molecule is C=Cc1[c]nc(Cl)nc1NC. The van der Waals surface area contributed by atoms with E-state index in [-0.39, 0.29) is 5.28 Å². The molecule has 0 aromatic carbocycles. The zero-order chi connectivity index (χ0) is 8.27. The molecule has 1 N–H and O–H groups in total. The summed E-state index contributed by atoms with van der Waals surface area (Å²) in [6.45, 7) is 3.57. The molecular weight excluding hydrogens is 162 g/mol. The molecule has 0 aliphatic carbocycles. The normalized spacial score (nSPS) is 9.27. The molecule has 0 atom stereocenters. The molecule has 1 rings (SSSR count). The number of hydrogen-bond donors (Lipinski definition) is 1. The first kappa shape index (κ1) is 8.01. The van der Waals surface area contributed by atoms with Crippen molar-refractivity contribution < 1.29 is 0 Å². The van der Waals surface area contributed by atoms with E-state index in [9.17, 15) is 0 Å². The van der Waals surface area contributed by atoms with E-state index in [4.69, 9.17) is 11.6 Å². The Morgan fingerprint density at radius 3 is 3.00 bits per heavy atom. The van der Waals surface area contributed by atoms with Crippen LogP contribution < -0.4 is 5.32 Å². The molecule has 0 bridgehead atoms. The summed E-state index contributed by atoms with van der Waals surface area (Å²) in [6.07, 6.45) is 4.29. The molecule has 1 aromatic heterocycles. The van der Waals surface area contributed by atoms with E-state index in [0.29, 0.717) is 5.82 Å². The van der Waals surface area contributed by atoms with Crippen molar-refractivity contribution in [2.24, 2.45) is 0 Å². The molecular formula is C7H7ClN3. The Labute approximate surface area is 70.1 Å². The van der Waals surface area contributed by atoms with Crippen molar-refractivity contribution in [2.75, 3.05) is 12.4 Å². The second kappa shape index (κ2) is 3.34. The van der Waals surface area contributed by atoms with Crippen LogP contribution in [0, 0.1) is 6.20 Å². The molecule has 1 heterocycles. The van der Waals surface area contributed by atoms with Crippen LogP contribution in [0.25, 0.3) is 6.08 Å². The molecule has 3 nitrogen and oxygen atoms in total. The highest BCUT2D eigenvalue weighted by molar-refractivity contribution is 6.28. The smallest absolute Gasteiger partial charge is 0.224 e. The average molecular weight is 169 g/mol. The molecule has 4 heteroatoms. The van der Waals surface area contributed by atoms with Gasteiger partial charge in [-0.15, -0.1) is 0 Å². The number of nitrogens with zero attached hydrogens (tertiary/aromatic N) is 2. The number of aromatic nitrogens is 2. The fourth-order valence-electron chi connectivity index (χ4n) is 0.670. The highest BCUT2D eigenvalue weighted by Crippen LogP contribution is 2.12. The van der Waals surface area contributed by atoms with E-state index in [2.05, 4.69) is 28.1 Å². The maximum Gasteiger partial charge on any atom is 0.224 e. The van der Waals surface area contributed by atoms with Crippen LogP contribution in [-0.2, 0) is 0 Å². The van der Waals surface area contributed by atoms with Crippen LogP contribution in [-0.4, -0.2) is 17.0 Å². The van der Waals surface area contributed by atoms with Crippen molar-refractivity contribution in [1.29, 1.82) is 0 Å². The van der Waals surface area contributed by atoms with Crippen LogP contribution in [0.5, 0.6) is 0 Å². The minimum atomic E-state index is 0.181. The molecule has 1 radical (unpaired) electrons. The molecule has 0 saturated heterocycles. The highest BCUT2D eigenvalue weighted by Gasteiger charge is 2.00. The molecule has 0 unspecified atom stereocenters. The van der Waals surface area contributed by atoms with E-state index in [1.54, 1.807) is 13.1 Å². The number of anilines is 1. The average Bonchev–Trinajstić information content (AvgIpc) is 2.04. The molecule has 0 amide bonds. The van der Waals surface area contributed by atoms with Gasteiger partial charge in [-0.05, 0) is 11.6 Å². The highest BCUT2D eigenvalue weighted by atomic mass is 35.5. The Bertz CT molecular complexity index is 272. The van der Waals surface area contributed by atoms with Gasteiger partial charge in [-0.2, -0.15) is 0 Å². The van der Waals surface area contributed by atoms with Crippen LogP contribution in [0.4, 0.5) is 5.82 Å². The molecule has 0 aliphatic heterocycles. The van der Waals surface area contributed by atoms with Crippen LogP contribution in [0.3, 0.4) is 0 Å².